The average molecular weight is 443 g/mol. The number of pyridine rings is 2. The highest BCUT2D eigenvalue weighted by Crippen LogP contribution is 2.50. The topological polar surface area (TPSA) is 64.3 Å². The Balaban J connectivity index is 1.37. The van der Waals surface area contributed by atoms with Crippen LogP contribution in [0.25, 0.3) is 0 Å². The predicted molar refractivity (Wildman–Crippen MR) is 120 cm³/mol. The molecule has 4 heterocycles. The monoisotopic (exact) mass is 442 g/mol. The fourth-order valence-electron chi connectivity index (χ4n) is 6.13. The quantitative estimate of drug-likeness (QED) is 0.725. The molecule has 32 heavy (non-hydrogen) atoms. The summed E-state index contributed by atoms with van der Waals surface area (Å²) < 4.78 is 33.2. The molecule has 3 aliphatic rings. The van der Waals surface area contributed by atoms with E-state index in [1.807, 2.05) is 24.4 Å². The minimum Gasteiger partial charge on any atom is -0.375 e. The van der Waals surface area contributed by atoms with Gasteiger partial charge in [-0.3, -0.25) is 4.98 Å². The second-order valence-corrected chi connectivity index (χ2v) is 10.0. The van der Waals surface area contributed by atoms with Gasteiger partial charge in [0.05, 0.1) is 18.7 Å². The molecule has 2 unspecified atom stereocenters. The van der Waals surface area contributed by atoms with E-state index in [1.165, 1.54) is 12.8 Å². The Morgan fingerprint density at radius 3 is 2.53 bits per heavy atom. The van der Waals surface area contributed by atoms with Crippen molar-refractivity contribution in [3.63, 3.8) is 0 Å². The Bertz CT molecular complexity index is 927. The second kappa shape index (κ2) is 8.34. The average Bonchev–Trinajstić information content (AvgIpc) is 3.20. The molecule has 7 heteroatoms. The molecule has 5 rings (SSSR count). The zero-order valence-corrected chi connectivity index (χ0v) is 18.5. The van der Waals surface area contributed by atoms with Crippen molar-refractivity contribution in [2.24, 2.45) is 5.73 Å². The van der Waals surface area contributed by atoms with Crippen molar-refractivity contribution >= 4 is 5.82 Å². The molecule has 2 aliphatic heterocycles. The zero-order chi connectivity index (χ0) is 22.2. The van der Waals surface area contributed by atoms with Gasteiger partial charge in [0.1, 0.15) is 5.82 Å². The van der Waals surface area contributed by atoms with E-state index < -0.39 is 5.92 Å². The van der Waals surface area contributed by atoms with Crippen molar-refractivity contribution in [2.75, 3.05) is 24.6 Å². The SMILES string of the molecule is NC(Cc1cccnc1N1CC(F)(F)C1)CC1(c2ccccn2)CCOC2(CCCC2)C1. The van der Waals surface area contributed by atoms with Crippen LogP contribution in [0, 0.1) is 0 Å². The minimum absolute atomic E-state index is 0.0574. The molecule has 2 aromatic rings. The van der Waals surface area contributed by atoms with E-state index in [1.54, 1.807) is 11.1 Å². The highest BCUT2D eigenvalue weighted by molar-refractivity contribution is 5.50. The third-order valence-corrected chi connectivity index (χ3v) is 7.52. The lowest BCUT2D eigenvalue weighted by Crippen LogP contribution is -2.57. The highest BCUT2D eigenvalue weighted by atomic mass is 19.3. The van der Waals surface area contributed by atoms with Gasteiger partial charge in [-0.1, -0.05) is 25.0 Å². The first-order valence-electron chi connectivity index (χ1n) is 11.8. The molecule has 3 fully saturated rings. The normalized spacial score (nSPS) is 27.3. The molecule has 2 aromatic heterocycles. The maximum atomic E-state index is 13.4. The fourth-order valence-corrected chi connectivity index (χ4v) is 6.13. The van der Waals surface area contributed by atoms with Crippen molar-refractivity contribution in [2.45, 2.75) is 74.3 Å². The van der Waals surface area contributed by atoms with Gasteiger partial charge in [0.2, 0.25) is 0 Å². The molecule has 0 radical (unpaired) electrons. The number of hydrogen-bond acceptors (Lipinski definition) is 5. The van der Waals surface area contributed by atoms with Crippen LogP contribution in [0.15, 0.2) is 42.7 Å². The van der Waals surface area contributed by atoms with Crippen LogP contribution in [0.1, 0.15) is 56.2 Å². The number of hydrogen-bond donors (Lipinski definition) is 1. The number of aromatic nitrogens is 2. The van der Waals surface area contributed by atoms with Crippen LogP contribution < -0.4 is 10.6 Å². The summed E-state index contributed by atoms with van der Waals surface area (Å²) in [6.45, 7) is 0.179. The lowest BCUT2D eigenvalue weighted by atomic mass is 9.66. The van der Waals surface area contributed by atoms with Gasteiger partial charge >= 0.3 is 0 Å². The first-order valence-corrected chi connectivity index (χ1v) is 11.8. The van der Waals surface area contributed by atoms with E-state index >= 15 is 0 Å². The van der Waals surface area contributed by atoms with E-state index in [4.69, 9.17) is 15.5 Å². The largest absolute Gasteiger partial charge is 0.375 e. The van der Waals surface area contributed by atoms with Gasteiger partial charge in [0, 0.05) is 36.2 Å². The summed E-state index contributed by atoms with van der Waals surface area (Å²) in [5.74, 6) is -1.99. The molecular weight excluding hydrogens is 410 g/mol. The Labute approximate surface area is 188 Å². The first-order chi connectivity index (χ1) is 15.4. The minimum atomic E-state index is -2.63. The Hall–Kier alpha value is -2.12. The van der Waals surface area contributed by atoms with Gasteiger partial charge in [-0.15, -0.1) is 0 Å². The van der Waals surface area contributed by atoms with Crippen LogP contribution in [-0.2, 0) is 16.6 Å². The number of rotatable bonds is 6. The van der Waals surface area contributed by atoms with Crippen LogP contribution >= 0.6 is 0 Å². The third-order valence-electron chi connectivity index (χ3n) is 7.52. The molecule has 0 aromatic carbocycles. The standard InChI is InChI=1S/C25H32F2N4O/c26-25(27)17-31(18-25)22-19(6-5-12-30-22)14-20(28)15-23(21-7-1-4-11-29-21)10-13-32-24(16-23)8-2-3-9-24/h1,4-7,11-12,20H,2-3,8-10,13-18,28H2. The Morgan fingerprint density at radius 1 is 1.03 bits per heavy atom. The Morgan fingerprint density at radius 2 is 1.81 bits per heavy atom. The van der Waals surface area contributed by atoms with Crippen molar-refractivity contribution in [3.05, 3.63) is 54.0 Å². The first kappa shape index (κ1) is 21.7. The lowest BCUT2D eigenvalue weighted by Gasteiger charge is -2.47. The van der Waals surface area contributed by atoms with Crippen molar-refractivity contribution in [1.29, 1.82) is 0 Å². The summed E-state index contributed by atoms with van der Waals surface area (Å²) in [5, 5.41) is 0. The van der Waals surface area contributed by atoms with Crippen molar-refractivity contribution < 1.29 is 13.5 Å². The fraction of sp³-hybridized carbons (Fsp3) is 0.600. The van der Waals surface area contributed by atoms with Crippen LogP contribution in [0.4, 0.5) is 14.6 Å². The molecule has 2 saturated heterocycles. The smallest absolute Gasteiger partial charge is 0.282 e. The van der Waals surface area contributed by atoms with Gasteiger partial charge in [-0.05, 0) is 62.3 Å². The van der Waals surface area contributed by atoms with Gasteiger partial charge in [-0.2, -0.15) is 0 Å². The summed E-state index contributed by atoms with van der Waals surface area (Å²) in [6, 6.07) is 9.83. The van der Waals surface area contributed by atoms with E-state index in [9.17, 15) is 8.78 Å². The van der Waals surface area contributed by atoms with Crippen LogP contribution in [0.2, 0.25) is 0 Å². The van der Waals surface area contributed by atoms with Gasteiger partial charge in [-0.25, -0.2) is 13.8 Å². The number of ether oxygens (including phenoxy) is 1. The molecule has 1 aliphatic carbocycles. The molecule has 5 nitrogen and oxygen atoms in total. The summed E-state index contributed by atoms with van der Waals surface area (Å²) in [6.07, 6.45) is 11.4. The predicted octanol–water partition coefficient (Wildman–Crippen LogP) is 4.25. The molecule has 2 atom stereocenters. The summed E-state index contributed by atoms with van der Waals surface area (Å²) in [7, 11) is 0. The summed E-state index contributed by atoms with van der Waals surface area (Å²) in [5.41, 5.74) is 8.61. The molecular formula is C25H32F2N4O. The van der Waals surface area contributed by atoms with E-state index in [2.05, 4.69) is 17.1 Å². The number of anilines is 1. The number of halogens is 2. The van der Waals surface area contributed by atoms with E-state index in [-0.39, 0.29) is 30.1 Å². The molecule has 1 spiro atoms. The van der Waals surface area contributed by atoms with Crippen LogP contribution in [0.5, 0.6) is 0 Å². The lowest BCUT2D eigenvalue weighted by molar-refractivity contribution is -0.105. The third kappa shape index (κ3) is 4.25. The van der Waals surface area contributed by atoms with Crippen molar-refractivity contribution in [1.82, 2.24) is 9.97 Å². The Kier molecular flexibility index (Phi) is 5.66. The number of nitrogens with two attached hydrogens (primary N) is 1. The molecule has 0 amide bonds. The highest BCUT2D eigenvalue weighted by Gasteiger charge is 2.49. The van der Waals surface area contributed by atoms with Gasteiger partial charge in [0.15, 0.2) is 0 Å². The van der Waals surface area contributed by atoms with Gasteiger partial charge in [0.25, 0.3) is 5.92 Å². The molecule has 2 N–H and O–H groups in total. The molecule has 172 valence electrons. The summed E-state index contributed by atoms with van der Waals surface area (Å²) in [4.78, 5) is 10.8. The number of alkyl halides is 2. The number of nitrogens with zero attached hydrogens (tertiary/aromatic N) is 3. The maximum Gasteiger partial charge on any atom is 0.282 e. The summed E-state index contributed by atoms with van der Waals surface area (Å²) >= 11 is 0. The van der Waals surface area contributed by atoms with E-state index in [0.29, 0.717) is 12.2 Å². The van der Waals surface area contributed by atoms with Crippen LogP contribution in [-0.4, -0.2) is 47.2 Å². The second-order valence-electron chi connectivity index (χ2n) is 10.0. The van der Waals surface area contributed by atoms with Gasteiger partial charge < -0.3 is 15.4 Å². The van der Waals surface area contributed by atoms with Crippen LogP contribution in [0.3, 0.4) is 0 Å². The zero-order valence-electron chi connectivity index (χ0n) is 18.5. The molecule has 0 bridgehead atoms. The molecule has 1 saturated carbocycles. The maximum absolute atomic E-state index is 13.4. The van der Waals surface area contributed by atoms with E-state index in [0.717, 1.165) is 50.0 Å². The van der Waals surface area contributed by atoms with Crippen molar-refractivity contribution in [3.8, 4) is 0 Å².